The van der Waals surface area contributed by atoms with Crippen LogP contribution >= 0.6 is 0 Å². The van der Waals surface area contributed by atoms with Crippen LogP contribution in [0.5, 0.6) is 0 Å². The number of sulfonamides is 1. The number of nitrogens with two attached hydrogens (primary N) is 1. The van der Waals surface area contributed by atoms with Crippen molar-refractivity contribution in [1.29, 1.82) is 0 Å². The molecule has 0 bridgehead atoms. The van der Waals surface area contributed by atoms with Gasteiger partial charge in [0.1, 0.15) is 4.90 Å². The van der Waals surface area contributed by atoms with E-state index in [2.05, 4.69) is 11.6 Å². The van der Waals surface area contributed by atoms with E-state index in [1.165, 1.54) is 12.8 Å². The summed E-state index contributed by atoms with van der Waals surface area (Å²) in [5.41, 5.74) is 7.84. The van der Waals surface area contributed by atoms with Crippen LogP contribution in [0.15, 0.2) is 17.0 Å². The fourth-order valence-electron chi connectivity index (χ4n) is 3.21. The maximum Gasteiger partial charge on any atom is 0.242 e. The Morgan fingerprint density at radius 1 is 1.24 bits per heavy atom. The molecule has 1 aliphatic rings. The van der Waals surface area contributed by atoms with E-state index in [0.717, 1.165) is 18.4 Å². The molecule has 0 radical (unpaired) electrons. The van der Waals surface area contributed by atoms with Gasteiger partial charge in [-0.25, -0.2) is 13.1 Å². The number of benzene rings is 1. The van der Waals surface area contributed by atoms with Gasteiger partial charge in [0, 0.05) is 6.54 Å². The van der Waals surface area contributed by atoms with Crippen molar-refractivity contribution in [3.8, 4) is 0 Å². The summed E-state index contributed by atoms with van der Waals surface area (Å²) in [7, 11) is -3.54. The Hall–Kier alpha value is -1.07. The van der Waals surface area contributed by atoms with E-state index >= 15 is 0 Å². The van der Waals surface area contributed by atoms with Crippen LogP contribution in [-0.2, 0) is 10.0 Å². The second-order valence-electron chi connectivity index (χ2n) is 6.43. The first-order valence-electron chi connectivity index (χ1n) is 7.66. The molecule has 0 saturated heterocycles. The molecule has 5 heteroatoms. The third-order valence-electron chi connectivity index (χ3n) is 4.49. The molecule has 2 rings (SSSR count). The molecule has 1 aromatic rings. The van der Waals surface area contributed by atoms with Gasteiger partial charge in [-0.15, -0.1) is 0 Å². The van der Waals surface area contributed by atoms with Gasteiger partial charge in [-0.1, -0.05) is 31.9 Å². The summed E-state index contributed by atoms with van der Waals surface area (Å²) < 4.78 is 27.9. The van der Waals surface area contributed by atoms with E-state index in [0.29, 0.717) is 29.6 Å². The second kappa shape index (κ2) is 6.36. The molecule has 0 aliphatic heterocycles. The molecular formula is C16H26N2O2S. The highest BCUT2D eigenvalue weighted by molar-refractivity contribution is 7.89. The number of hydrogen-bond acceptors (Lipinski definition) is 3. The molecule has 1 fully saturated rings. The zero-order valence-electron chi connectivity index (χ0n) is 13.1. The van der Waals surface area contributed by atoms with Crippen molar-refractivity contribution in [2.24, 2.45) is 11.8 Å². The van der Waals surface area contributed by atoms with Crippen molar-refractivity contribution in [2.75, 3.05) is 12.3 Å². The SMILES string of the molecule is Cc1ccc(C)c(S(=O)(=O)NCC2CCCC(C)C2)c1N. The highest BCUT2D eigenvalue weighted by Crippen LogP contribution is 2.29. The van der Waals surface area contributed by atoms with Crippen LogP contribution in [0.1, 0.15) is 43.7 Å². The molecule has 1 saturated carbocycles. The molecule has 21 heavy (non-hydrogen) atoms. The maximum absolute atomic E-state index is 12.6. The predicted octanol–water partition coefficient (Wildman–Crippen LogP) is 2.99. The molecule has 3 N–H and O–H groups in total. The predicted molar refractivity (Wildman–Crippen MR) is 86.6 cm³/mol. The maximum atomic E-state index is 12.6. The lowest BCUT2D eigenvalue weighted by molar-refractivity contribution is 0.283. The van der Waals surface area contributed by atoms with Gasteiger partial charge in [-0.2, -0.15) is 0 Å². The lowest BCUT2D eigenvalue weighted by atomic mass is 9.83. The van der Waals surface area contributed by atoms with Gasteiger partial charge in [0.15, 0.2) is 0 Å². The quantitative estimate of drug-likeness (QED) is 0.840. The van der Waals surface area contributed by atoms with Crippen molar-refractivity contribution in [1.82, 2.24) is 4.72 Å². The largest absolute Gasteiger partial charge is 0.397 e. The Balaban J connectivity index is 2.14. The lowest BCUT2D eigenvalue weighted by Crippen LogP contribution is -2.32. The molecule has 1 aromatic carbocycles. The van der Waals surface area contributed by atoms with Crippen molar-refractivity contribution < 1.29 is 8.42 Å². The Morgan fingerprint density at radius 2 is 1.90 bits per heavy atom. The topological polar surface area (TPSA) is 72.2 Å². The first-order chi connectivity index (χ1) is 9.81. The minimum atomic E-state index is -3.54. The van der Waals surface area contributed by atoms with E-state index in [1.807, 2.05) is 19.1 Å². The van der Waals surface area contributed by atoms with Crippen LogP contribution in [0.4, 0.5) is 5.69 Å². The summed E-state index contributed by atoms with van der Waals surface area (Å²) in [6.07, 6.45) is 4.66. The molecule has 0 amide bonds. The van der Waals surface area contributed by atoms with Crippen LogP contribution in [0, 0.1) is 25.7 Å². The normalized spacial score (nSPS) is 23.2. The van der Waals surface area contributed by atoms with Crippen LogP contribution in [0.2, 0.25) is 0 Å². The number of nitrogens with one attached hydrogen (secondary N) is 1. The van der Waals surface area contributed by atoms with Gasteiger partial charge in [0.25, 0.3) is 0 Å². The standard InChI is InChI=1S/C16H26N2O2S/c1-11-5-4-6-14(9-11)10-18-21(19,20)16-13(3)8-7-12(2)15(16)17/h7-8,11,14,18H,4-6,9-10,17H2,1-3H3. The Kier molecular flexibility index (Phi) is 4.94. The van der Waals surface area contributed by atoms with Gasteiger partial charge < -0.3 is 5.73 Å². The first-order valence-corrected chi connectivity index (χ1v) is 9.15. The summed E-state index contributed by atoms with van der Waals surface area (Å²) in [4.78, 5) is 0.242. The van der Waals surface area contributed by atoms with E-state index in [9.17, 15) is 8.42 Å². The van der Waals surface area contributed by atoms with Crippen LogP contribution in [-0.4, -0.2) is 15.0 Å². The molecule has 2 atom stereocenters. The molecule has 4 nitrogen and oxygen atoms in total. The van der Waals surface area contributed by atoms with Gasteiger partial charge in [-0.05, 0) is 49.7 Å². The third-order valence-corrected chi connectivity index (χ3v) is 6.11. The lowest BCUT2D eigenvalue weighted by Gasteiger charge is -2.27. The summed E-state index contributed by atoms with van der Waals surface area (Å²) >= 11 is 0. The molecule has 118 valence electrons. The minimum Gasteiger partial charge on any atom is -0.397 e. The summed E-state index contributed by atoms with van der Waals surface area (Å²) in [6.45, 7) is 6.37. The fourth-order valence-corrected chi connectivity index (χ4v) is 4.75. The molecule has 1 aliphatic carbocycles. The molecule has 0 aromatic heterocycles. The minimum absolute atomic E-state index is 0.242. The first kappa shape index (κ1) is 16.3. The number of nitrogen functional groups attached to an aromatic ring is 1. The van der Waals surface area contributed by atoms with E-state index in [4.69, 9.17) is 5.73 Å². The third kappa shape index (κ3) is 3.77. The Labute approximate surface area is 128 Å². The smallest absolute Gasteiger partial charge is 0.242 e. The summed E-state index contributed by atoms with van der Waals surface area (Å²) in [5, 5.41) is 0. The van der Waals surface area contributed by atoms with E-state index in [-0.39, 0.29) is 4.90 Å². The zero-order valence-corrected chi connectivity index (χ0v) is 14.0. The van der Waals surface area contributed by atoms with Gasteiger partial charge in [0.2, 0.25) is 10.0 Å². The number of hydrogen-bond donors (Lipinski definition) is 2. The Morgan fingerprint density at radius 3 is 2.57 bits per heavy atom. The summed E-state index contributed by atoms with van der Waals surface area (Å²) in [6, 6.07) is 3.66. The van der Waals surface area contributed by atoms with Crippen molar-refractivity contribution >= 4 is 15.7 Å². The summed E-state index contributed by atoms with van der Waals surface area (Å²) in [5.74, 6) is 1.13. The van der Waals surface area contributed by atoms with Crippen molar-refractivity contribution in [3.63, 3.8) is 0 Å². The van der Waals surface area contributed by atoms with Gasteiger partial charge in [-0.3, -0.25) is 0 Å². The molecular weight excluding hydrogens is 284 g/mol. The molecule has 0 spiro atoms. The Bertz CT molecular complexity index is 611. The highest BCUT2D eigenvalue weighted by atomic mass is 32.2. The van der Waals surface area contributed by atoms with Gasteiger partial charge >= 0.3 is 0 Å². The average Bonchev–Trinajstić information content (AvgIpc) is 2.41. The van der Waals surface area contributed by atoms with Gasteiger partial charge in [0.05, 0.1) is 5.69 Å². The fraction of sp³-hybridized carbons (Fsp3) is 0.625. The molecule has 2 unspecified atom stereocenters. The van der Waals surface area contributed by atoms with Crippen LogP contribution in [0.3, 0.4) is 0 Å². The van der Waals surface area contributed by atoms with Crippen LogP contribution < -0.4 is 10.5 Å². The van der Waals surface area contributed by atoms with Crippen LogP contribution in [0.25, 0.3) is 0 Å². The zero-order chi connectivity index (χ0) is 15.6. The van der Waals surface area contributed by atoms with E-state index in [1.54, 1.807) is 6.92 Å². The number of anilines is 1. The highest BCUT2D eigenvalue weighted by Gasteiger charge is 2.24. The van der Waals surface area contributed by atoms with E-state index < -0.39 is 10.0 Å². The molecule has 0 heterocycles. The number of rotatable bonds is 4. The second-order valence-corrected chi connectivity index (χ2v) is 8.14. The average molecular weight is 310 g/mol. The van der Waals surface area contributed by atoms with Crippen molar-refractivity contribution in [2.45, 2.75) is 51.3 Å². The number of aryl methyl sites for hydroxylation is 2. The monoisotopic (exact) mass is 310 g/mol. The van der Waals surface area contributed by atoms with Crippen molar-refractivity contribution in [3.05, 3.63) is 23.3 Å².